The first-order valence-corrected chi connectivity index (χ1v) is 38.8. The summed E-state index contributed by atoms with van der Waals surface area (Å²) in [6, 6.07) is 18.9. The molecule has 1 fully saturated rings. The molecule has 1 aliphatic rings. The molecular formula is C73H80BCl2I3N35NaO7. The molecule has 49 heteroatoms. The number of H-pyrrole nitrogens is 4. The smallest absolute Gasteiger partial charge is 0.870 e. The van der Waals surface area contributed by atoms with E-state index in [0.29, 0.717) is 34.4 Å². The Morgan fingerprint density at radius 2 is 0.975 bits per heavy atom. The molecule has 122 heavy (non-hydrogen) atoms. The van der Waals surface area contributed by atoms with Crippen LogP contribution in [-0.4, -0.2) is 179 Å². The fourth-order valence-corrected chi connectivity index (χ4v) is 11.2. The fraction of sp³-hybridized carbons (Fsp3) is 0.178. The SMILES string of the molecule is CC(C)n1cc(-c2ccncn2)c(I)n1.CC(C)n1cc(-c2ccncn2)c(I)n1.CC1(C)OB(c2cnc3[nH]cc(Cl)c3c2)OC1(C)C.Cc1ccncn1.Ic1[nH]ncc1-c1ccncn1.N#C/C(=C\O)c1ccncn1.NNO.NOCl.Nc1[nH]ncc1-c1ccncn1.Nc1[nH]ncc1-c1ccncn1.[Na+].[OH-].c1cc(-c2cnoc2)ncn1. The average molecular weight is 2050 g/mol. The van der Waals surface area contributed by atoms with Gasteiger partial charge in [0.25, 0.3) is 0 Å². The van der Waals surface area contributed by atoms with Gasteiger partial charge in [0.1, 0.15) is 96.9 Å². The molecule has 0 radical (unpaired) electrons. The van der Waals surface area contributed by atoms with Crippen LogP contribution in [0.4, 0.5) is 11.6 Å². The largest absolute Gasteiger partial charge is 1.00 e. The number of halogens is 5. The molecule has 0 saturated carbocycles. The van der Waals surface area contributed by atoms with Gasteiger partial charge in [-0.05, 0) is 185 Å². The molecule has 0 amide bonds. The molecular weight excluding hydrogens is 1960 g/mol. The number of aliphatic hydroxyl groups is 1. The Bertz CT molecular complexity index is 5350. The normalized spacial score (nSPS) is 11.6. The summed E-state index contributed by atoms with van der Waals surface area (Å²) in [7, 11) is -0.409. The molecule has 0 unspecified atom stereocenters. The number of anilines is 2. The fourth-order valence-electron chi connectivity index (χ4n) is 9.16. The van der Waals surface area contributed by atoms with Crippen molar-refractivity contribution in [1.29, 1.82) is 5.26 Å². The van der Waals surface area contributed by atoms with Gasteiger partial charge in [0.05, 0.1) is 132 Å². The summed E-state index contributed by atoms with van der Waals surface area (Å²) >= 11 is 17.0. The Kier molecular flexibility index (Phi) is 44.4. The molecule has 17 rings (SSSR count). The van der Waals surface area contributed by atoms with Gasteiger partial charge in [-0.3, -0.25) is 24.7 Å². The molecule has 0 aliphatic carbocycles. The van der Waals surface area contributed by atoms with Crippen molar-refractivity contribution < 1.29 is 63.6 Å². The van der Waals surface area contributed by atoms with E-state index < -0.39 is 7.12 Å². The second-order valence-corrected chi connectivity index (χ2v) is 28.7. The molecule has 1 aliphatic heterocycles. The van der Waals surface area contributed by atoms with Gasteiger partial charge in [-0.2, -0.15) is 41.0 Å². The number of nitrogens with zero attached hydrogens (tertiary/aromatic N) is 26. The number of aromatic nitrogens is 29. The monoisotopic (exact) mass is 2040 g/mol. The summed E-state index contributed by atoms with van der Waals surface area (Å²) in [6.45, 7) is 18.5. The van der Waals surface area contributed by atoms with Crippen molar-refractivity contribution >= 4 is 132 Å². The number of pyridine rings is 1. The van der Waals surface area contributed by atoms with Gasteiger partial charge >= 0.3 is 36.7 Å². The van der Waals surface area contributed by atoms with Crippen molar-refractivity contribution in [2.45, 2.75) is 85.6 Å². The predicted molar refractivity (Wildman–Crippen MR) is 475 cm³/mol. The minimum atomic E-state index is -0.409. The number of nitrogen functional groups attached to an aromatic ring is 2. The quantitative estimate of drug-likeness (QED) is 0.0153. The van der Waals surface area contributed by atoms with Crippen LogP contribution < -0.4 is 63.8 Å². The summed E-state index contributed by atoms with van der Waals surface area (Å²) in [4.78, 5) is 70.0. The number of nitrogens with two attached hydrogens (primary N) is 4. The van der Waals surface area contributed by atoms with E-state index in [1.807, 2.05) is 86.7 Å². The van der Waals surface area contributed by atoms with Crippen LogP contribution in [0.5, 0.6) is 0 Å². The van der Waals surface area contributed by atoms with E-state index >= 15 is 0 Å². The third kappa shape index (κ3) is 32.0. The van der Waals surface area contributed by atoms with Gasteiger partial charge in [0.15, 0.2) is 0 Å². The zero-order valence-electron chi connectivity index (χ0n) is 66.7. The second kappa shape index (κ2) is 53.5. The third-order valence-electron chi connectivity index (χ3n) is 15.8. The summed E-state index contributed by atoms with van der Waals surface area (Å²) in [5.74, 6) is 9.31. The van der Waals surface area contributed by atoms with Crippen LogP contribution >= 0.6 is 91.2 Å². The zero-order valence-corrected chi connectivity index (χ0v) is 76.7. The summed E-state index contributed by atoms with van der Waals surface area (Å²) in [6.07, 6.45) is 41.8. The van der Waals surface area contributed by atoms with Crippen LogP contribution in [0, 0.1) is 29.4 Å². The number of nitrogens with one attached hydrogen (secondary N) is 5. The molecule has 16 aromatic rings. The molecule has 0 aromatic carbocycles. The standard InChI is InChI=1S/C13H16BClN2O2.2C10H11IN4.C7H5IN4.2C7H7N5.2C7H5N3O.C5H6N2.ClH2NO.H4N2O.Na.H2O/c1-12(2)13(3,4)19-14(18-12)8-5-9-10(15)7-17-11(9)16-6-8;2*1-7(2)15-5-8(10(11)14-15)9-3-4-12-6-13-9;3*8-7-5(3-11-12-7)6-1-2-9-4-10-6;1-2-8-5-9-7(1)6-3-10-11-4-6;8-3-6(4-11)7-1-2-9-5-10-7;1-5-2-3-6-4-7-5;1-3-2;1-2-3;;/h5-7H,1-4H3,(H,16,17);2*3-7H,1-2H3;1-4H,(H,11,12);2*1-4H,(H3,8,11,12);1-5H;1-2,4-5,11H;2-4H,1H3;2H2;2-3H,1H2;;1H2/q;;;;;;;;;;;+1;/p-1/b;;;;;;;6-4+;;;;;. The van der Waals surface area contributed by atoms with Crippen LogP contribution in [0.25, 0.3) is 84.2 Å². The molecule has 17 heterocycles. The molecule has 42 nitrogen and oxygen atoms in total. The van der Waals surface area contributed by atoms with E-state index in [9.17, 15) is 0 Å². The van der Waals surface area contributed by atoms with Crippen LogP contribution in [0.15, 0.2) is 221 Å². The summed E-state index contributed by atoms with van der Waals surface area (Å²) < 4.78 is 26.7. The molecule has 0 atom stereocenters. The molecule has 628 valence electrons. The molecule has 1 saturated heterocycles. The Morgan fingerprint density at radius 3 is 1.29 bits per heavy atom. The van der Waals surface area contributed by atoms with E-state index in [2.05, 4.69) is 264 Å². The Morgan fingerprint density at radius 1 is 0.590 bits per heavy atom. The molecule has 16 aromatic heterocycles. The first kappa shape index (κ1) is 101. The van der Waals surface area contributed by atoms with Crippen LogP contribution in [0.3, 0.4) is 0 Å². The van der Waals surface area contributed by atoms with Crippen molar-refractivity contribution in [3.05, 3.63) is 244 Å². The first-order valence-electron chi connectivity index (χ1n) is 34.9. The zero-order chi connectivity index (χ0) is 86.8. The van der Waals surface area contributed by atoms with Crippen molar-refractivity contribution in [2.75, 3.05) is 11.5 Å². The predicted octanol–water partition coefficient (Wildman–Crippen LogP) is 8.45. The number of hydrogen-bond donors (Lipinski definition) is 11. The third-order valence-corrected chi connectivity index (χ3v) is 18.6. The minimum Gasteiger partial charge on any atom is -0.870 e. The van der Waals surface area contributed by atoms with Gasteiger partial charge < -0.3 is 46.1 Å². The number of fused-ring (bicyclic) bond motifs is 1. The number of hydrogen-bond acceptors (Lipinski definition) is 36. The van der Waals surface area contributed by atoms with Crippen LogP contribution in [0.2, 0.25) is 5.02 Å². The van der Waals surface area contributed by atoms with Crippen molar-refractivity contribution in [2.24, 2.45) is 11.7 Å². The van der Waals surface area contributed by atoms with Crippen molar-refractivity contribution in [1.82, 2.24) is 151 Å². The van der Waals surface area contributed by atoms with E-state index in [-0.39, 0.29) is 51.8 Å². The number of rotatable bonds is 10. The number of aromatic amines is 4. The molecule has 16 N–H and O–H groups in total. The maximum Gasteiger partial charge on any atom is 1.00 e. The first-order chi connectivity index (χ1) is 57.9. The Hall–Kier alpha value is -11.3. The van der Waals surface area contributed by atoms with Crippen LogP contribution in [0.1, 0.15) is 78.9 Å². The maximum absolute atomic E-state index is 8.53. The number of aryl methyl sites for hydroxylation is 1. The topological polar surface area (TPSA) is 621 Å². The van der Waals surface area contributed by atoms with Gasteiger partial charge in [-0.15, -0.1) is 5.59 Å². The molecule has 0 bridgehead atoms. The number of hydrazine groups is 1. The average Bonchev–Trinajstić information content (AvgIpc) is 1.61. The number of aliphatic hydroxyl groups excluding tert-OH is 1. The van der Waals surface area contributed by atoms with E-state index in [1.54, 1.807) is 130 Å². The number of nitriles is 1. The minimum absolute atomic E-state index is 0. The second-order valence-electron chi connectivity index (χ2n) is 25.0. The summed E-state index contributed by atoms with van der Waals surface area (Å²) in [5.41, 5.74) is 25.7. The van der Waals surface area contributed by atoms with Gasteiger partial charge in [0.2, 0.25) is 0 Å². The van der Waals surface area contributed by atoms with Crippen molar-refractivity contribution in [3.8, 4) is 73.6 Å². The molecule has 0 spiro atoms. The van der Waals surface area contributed by atoms with Gasteiger partial charge in [-0.1, -0.05) is 16.8 Å². The maximum atomic E-state index is 8.53. The Labute approximate surface area is 771 Å². The number of allylic oxidation sites excluding steroid dienone is 1. The van der Waals surface area contributed by atoms with E-state index in [0.717, 1.165) is 107 Å². The van der Waals surface area contributed by atoms with Gasteiger partial charge in [-0.25, -0.2) is 90.6 Å². The van der Waals surface area contributed by atoms with E-state index in [1.165, 1.54) is 49.7 Å². The van der Waals surface area contributed by atoms with Gasteiger partial charge in [0, 0.05) is 103 Å². The van der Waals surface area contributed by atoms with Crippen molar-refractivity contribution in [3.63, 3.8) is 0 Å². The Balaban J connectivity index is 0.000000243. The summed E-state index contributed by atoms with van der Waals surface area (Å²) in [5, 5.41) is 57.6. The van der Waals surface area contributed by atoms with E-state index in [4.69, 9.17) is 48.0 Å². The van der Waals surface area contributed by atoms with Crippen LogP contribution in [-0.2, 0) is 13.7 Å².